The van der Waals surface area contributed by atoms with Crippen LogP contribution in [0.2, 0.25) is 0 Å². The van der Waals surface area contributed by atoms with Gasteiger partial charge in [-0.25, -0.2) is 4.98 Å². The van der Waals surface area contributed by atoms with Gasteiger partial charge in [-0.1, -0.05) is 0 Å². The Morgan fingerprint density at radius 2 is 2.12 bits per heavy atom. The molecule has 0 N–H and O–H groups in total. The molecule has 9 heteroatoms. The van der Waals surface area contributed by atoms with Crippen LogP contribution in [0, 0.1) is 5.92 Å². The van der Waals surface area contributed by atoms with Crippen molar-refractivity contribution >= 4 is 10.2 Å². The molecule has 1 atom stereocenters. The van der Waals surface area contributed by atoms with Gasteiger partial charge < -0.3 is 0 Å². The minimum absolute atomic E-state index is 0.250. The van der Waals surface area contributed by atoms with E-state index in [1.807, 2.05) is 13.1 Å². The number of aryl methyl sites for hydroxylation is 1. The van der Waals surface area contributed by atoms with Crippen LogP contribution in [0.4, 0.5) is 0 Å². The molecule has 0 radical (unpaired) electrons. The summed E-state index contributed by atoms with van der Waals surface area (Å²) in [6.07, 6.45) is 7.81. The maximum Gasteiger partial charge on any atom is 0.281 e. The Kier molecular flexibility index (Phi) is 5.16. The van der Waals surface area contributed by atoms with Gasteiger partial charge in [0.2, 0.25) is 0 Å². The molecule has 0 amide bonds. The quantitative estimate of drug-likeness (QED) is 0.788. The Bertz CT molecular complexity index is 833. The van der Waals surface area contributed by atoms with Gasteiger partial charge in [0.25, 0.3) is 10.2 Å². The maximum absolute atomic E-state index is 12.3. The van der Waals surface area contributed by atoms with Gasteiger partial charge >= 0.3 is 0 Å². The average Bonchev–Trinajstić information content (AvgIpc) is 3.01. The van der Waals surface area contributed by atoms with E-state index >= 15 is 0 Å². The predicted octanol–water partition coefficient (Wildman–Crippen LogP) is 0.938. The first-order valence-electron chi connectivity index (χ1n) is 8.35. The highest BCUT2D eigenvalue weighted by Crippen LogP contribution is 2.23. The molecule has 0 unspecified atom stereocenters. The van der Waals surface area contributed by atoms with Crippen LogP contribution in [-0.4, -0.2) is 64.0 Å². The van der Waals surface area contributed by atoms with Gasteiger partial charge in [0.15, 0.2) is 0 Å². The minimum Gasteiger partial charge on any atom is -0.266 e. The minimum atomic E-state index is -3.36. The second-order valence-electron chi connectivity index (χ2n) is 6.60. The first-order valence-corrected chi connectivity index (χ1v) is 9.74. The second kappa shape index (κ2) is 7.19. The molecule has 2 aromatic heterocycles. The zero-order chi connectivity index (χ0) is 18.0. The van der Waals surface area contributed by atoms with Crippen molar-refractivity contribution in [3.8, 4) is 11.4 Å². The van der Waals surface area contributed by atoms with E-state index in [4.69, 9.17) is 4.98 Å². The Balaban J connectivity index is 1.73. The summed E-state index contributed by atoms with van der Waals surface area (Å²) in [6.45, 7) is 1.11. The van der Waals surface area contributed by atoms with Crippen LogP contribution in [0.15, 0.2) is 24.7 Å². The molecule has 0 aromatic carbocycles. The summed E-state index contributed by atoms with van der Waals surface area (Å²) in [7, 11) is 1.66. The molecule has 0 spiro atoms. The van der Waals surface area contributed by atoms with Crippen molar-refractivity contribution in [3.63, 3.8) is 0 Å². The third-order valence-electron chi connectivity index (χ3n) is 4.54. The second-order valence-corrected chi connectivity index (χ2v) is 8.74. The van der Waals surface area contributed by atoms with E-state index in [1.165, 1.54) is 4.31 Å². The fraction of sp³-hybridized carbons (Fsp3) is 0.562. The third kappa shape index (κ3) is 3.88. The molecule has 0 bridgehead atoms. The number of aromatic nitrogens is 4. The van der Waals surface area contributed by atoms with E-state index < -0.39 is 10.2 Å². The number of rotatable bonds is 5. The van der Waals surface area contributed by atoms with Crippen molar-refractivity contribution in [3.05, 3.63) is 30.4 Å². The topological polar surface area (TPSA) is 84.2 Å². The van der Waals surface area contributed by atoms with E-state index in [9.17, 15) is 8.42 Å². The lowest BCUT2D eigenvalue weighted by Gasteiger charge is -2.33. The number of piperidine rings is 1. The molecule has 136 valence electrons. The lowest BCUT2D eigenvalue weighted by molar-refractivity contribution is 0.253. The average molecular weight is 364 g/mol. The largest absolute Gasteiger partial charge is 0.281 e. The Morgan fingerprint density at radius 3 is 2.80 bits per heavy atom. The van der Waals surface area contributed by atoms with Crippen molar-refractivity contribution < 1.29 is 8.42 Å². The fourth-order valence-electron chi connectivity index (χ4n) is 3.18. The van der Waals surface area contributed by atoms with Gasteiger partial charge in [0.05, 0.1) is 17.6 Å². The zero-order valence-electron chi connectivity index (χ0n) is 14.8. The van der Waals surface area contributed by atoms with Gasteiger partial charge in [0, 0.05) is 46.6 Å². The SMILES string of the molecule is CN(C)S(=O)(=O)N1CCC[C@@H](Cc2cncc(-c3ccnn3C)n2)C1. The lowest BCUT2D eigenvalue weighted by Crippen LogP contribution is -2.45. The highest BCUT2D eigenvalue weighted by atomic mass is 32.2. The van der Waals surface area contributed by atoms with E-state index in [0.717, 1.165) is 36.3 Å². The first-order chi connectivity index (χ1) is 11.9. The van der Waals surface area contributed by atoms with E-state index in [-0.39, 0.29) is 5.92 Å². The molecule has 3 heterocycles. The number of nitrogens with zero attached hydrogens (tertiary/aromatic N) is 6. The lowest BCUT2D eigenvalue weighted by atomic mass is 9.95. The molecule has 1 aliphatic heterocycles. The maximum atomic E-state index is 12.3. The van der Waals surface area contributed by atoms with Gasteiger partial charge in [0.1, 0.15) is 5.69 Å². The highest BCUT2D eigenvalue weighted by molar-refractivity contribution is 7.86. The summed E-state index contributed by atoms with van der Waals surface area (Å²) in [6, 6.07) is 1.90. The summed E-state index contributed by atoms with van der Waals surface area (Å²) in [5.41, 5.74) is 2.58. The molecule has 1 aliphatic rings. The highest BCUT2D eigenvalue weighted by Gasteiger charge is 2.30. The summed E-state index contributed by atoms with van der Waals surface area (Å²) in [5, 5.41) is 4.16. The molecule has 1 saturated heterocycles. The van der Waals surface area contributed by atoms with Crippen LogP contribution in [0.1, 0.15) is 18.5 Å². The molecule has 3 rings (SSSR count). The first kappa shape index (κ1) is 18.0. The van der Waals surface area contributed by atoms with Crippen molar-refractivity contribution in [1.29, 1.82) is 0 Å². The van der Waals surface area contributed by atoms with Crippen molar-refractivity contribution in [2.75, 3.05) is 27.2 Å². The van der Waals surface area contributed by atoms with Gasteiger partial charge in [-0.2, -0.15) is 22.1 Å². The van der Waals surface area contributed by atoms with Crippen molar-refractivity contribution in [2.45, 2.75) is 19.3 Å². The fourth-order valence-corrected chi connectivity index (χ4v) is 4.40. The van der Waals surface area contributed by atoms with Crippen LogP contribution < -0.4 is 0 Å². The monoisotopic (exact) mass is 364 g/mol. The van der Waals surface area contributed by atoms with E-state index in [0.29, 0.717) is 13.1 Å². The molecule has 1 fully saturated rings. The van der Waals surface area contributed by atoms with Gasteiger partial charge in [-0.15, -0.1) is 0 Å². The van der Waals surface area contributed by atoms with Crippen LogP contribution >= 0.6 is 0 Å². The zero-order valence-corrected chi connectivity index (χ0v) is 15.6. The molecule has 0 saturated carbocycles. The van der Waals surface area contributed by atoms with E-state index in [2.05, 4.69) is 10.1 Å². The molecule has 2 aromatic rings. The number of hydrogen-bond acceptors (Lipinski definition) is 5. The smallest absolute Gasteiger partial charge is 0.266 e. The standard InChI is InChI=1S/C16H24N6O2S/c1-20(2)25(23,24)22-8-4-5-13(12-22)9-14-10-17-11-15(19-14)16-6-7-18-21(16)3/h6-7,10-11,13H,4-5,8-9,12H2,1-3H3/t13-/m0/s1. The van der Waals surface area contributed by atoms with Crippen LogP contribution in [-0.2, 0) is 23.7 Å². The van der Waals surface area contributed by atoms with Crippen LogP contribution in [0.5, 0.6) is 0 Å². The molecule has 8 nitrogen and oxygen atoms in total. The molecular weight excluding hydrogens is 340 g/mol. The van der Waals surface area contributed by atoms with Crippen molar-refractivity contribution in [1.82, 2.24) is 28.4 Å². The van der Waals surface area contributed by atoms with Gasteiger partial charge in [-0.05, 0) is 31.2 Å². The van der Waals surface area contributed by atoms with E-state index in [1.54, 1.807) is 41.7 Å². The summed E-state index contributed by atoms with van der Waals surface area (Å²) in [4.78, 5) is 8.99. The van der Waals surface area contributed by atoms with Crippen LogP contribution in [0.3, 0.4) is 0 Å². The Hall–Kier alpha value is -1.84. The normalized spacial score (nSPS) is 19.4. The Morgan fingerprint density at radius 1 is 1.32 bits per heavy atom. The third-order valence-corrected chi connectivity index (χ3v) is 6.44. The predicted molar refractivity (Wildman–Crippen MR) is 94.8 cm³/mol. The molecular formula is C16H24N6O2S. The molecule has 25 heavy (non-hydrogen) atoms. The molecule has 0 aliphatic carbocycles. The van der Waals surface area contributed by atoms with Crippen LogP contribution in [0.25, 0.3) is 11.4 Å². The van der Waals surface area contributed by atoms with Gasteiger partial charge in [-0.3, -0.25) is 9.67 Å². The number of hydrogen-bond donors (Lipinski definition) is 0. The Labute approximate surface area is 148 Å². The summed E-state index contributed by atoms with van der Waals surface area (Å²) < 4.78 is 29.3. The van der Waals surface area contributed by atoms with Crippen molar-refractivity contribution in [2.24, 2.45) is 13.0 Å². The summed E-state index contributed by atoms with van der Waals surface area (Å²) in [5.74, 6) is 0.250. The summed E-state index contributed by atoms with van der Waals surface area (Å²) >= 11 is 0.